The molecule has 3 aromatic rings. The summed E-state index contributed by atoms with van der Waals surface area (Å²) in [7, 11) is 1.32. The third kappa shape index (κ3) is 6.87. The summed E-state index contributed by atoms with van der Waals surface area (Å²) >= 11 is 0. The molecule has 0 aliphatic heterocycles. The van der Waals surface area contributed by atoms with Gasteiger partial charge in [0.2, 0.25) is 17.7 Å². The van der Waals surface area contributed by atoms with Gasteiger partial charge in [-0.2, -0.15) is 0 Å². The van der Waals surface area contributed by atoms with E-state index in [2.05, 4.69) is 16.0 Å². The smallest absolute Gasteiger partial charge is 0.338 e. The minimum atomic E-state index is -1.37. The van der Waals surface area contributed by atoms with E-state index in [9.17, 15) is 39.0 Å². The van der Waals surface area contributed by atoms with E-state index in [0.717, 1.165) is 54.2 Å². The van der Waals surface area contributed by atoms with Crippen molar-refractivity contribution in [2.24, 2.45) is 35.0 Å². The Labute approximate surface area is 318 Å². The van der Waals surface area contributed by atoms with E-state index in [1.807, 2.05) is 24.3 Å². The van der Waals surface area contributed by atoms with Crippen LogP contribution in [0.4, 0.5) is 5.69 Å². The molecule has 0 saturated heterocycles. The maximum atomic E-state index is 14.7. The number of hydrogen-bond acceptors (Lipinski definition) is 7. The highest BCUT2D eigenvalue weighted by Gasteiger charge is 2.58. The van der Waals surface area contributed by atoms with Gasteiger partial charge in [-0.15, -0.1) is 0 Å². The molecule has 0 spiro atoms. The van der Waals surface area contributed by atoms with Crippen LogP contribution in [0.1, 0.15) is 105 Å². The quantitative estimate of drug-likeness (QED) is 0.152. The highest BCUT2D eigenvalue weighted by atomic mass is 16.5. The predicted molar refractivity (Wildman–Crippen MR) is 200 cm³/mol. The van der Waals surface area contributed by atoms with Crippen LogP contribution in [0.15, 0.2) is 66.7 Å². The molecule has 6 aliphatic rings. The molecule has 5 N–H and O–H groups in total. The molecule has 5 fully saturated rings. The molecular formula is C43H45N3O9. The van der Waals surface area contributed by atoms with Gasteiger partial charge in [0.15, 0.2) is 0 Å². The number of hydrogen-bond donors (Lipinski definition) is 5. The monoisotopic (exact) mass is 747 g/mol. The van der Waals surface area contributed by atoms with Crippen LogP contribution >= 0.6 is 0 Å². The van der Waals surface area contributed by atoms with E-state index in [1.54, 1.807) is 24.3 Å². The van der Waals surface area contributed by atoms with Gasteiger partial charge in [-0.1, -0.05) is 42.5 Å². The van der Waals surface area contributed by atoms with Gasteiger partial charge >= 0.3 is 17.9 Å². The molecule has 55 heavy (non-hydrogen) atoms. The summed E-state index contributed by atoms with van der Waals surface area (Å²) in [6, 6.07) is 16.5. The lowest BCUT2D eigenvalue weighted by molar-refractivity contribution is -0.137. The number of ether oxygens (including phenoxy) is 1. The normalized spacial score (nSPS) is 28.5. The zero-order chi connectivity index (χ0) is 38.6. The van der Waals surface area contributed by atoms with E-state index in [1.165, 1.54) is 26.4 Å². The summed E-state index contributed by atoms with van der Waals surface area (Å²) < 4.78 is 5.12. The van der Waals surface area contributed by atoms with E-state index in [-0.39, 0.29) is 34.6 Å². The third-order valence-electron chi connectivity index (χ3n) is 13.1. The number of benzene rings is 3. The third-order valence-corrected chi connectivity index (χ3v) is 13.1. The molecule has 0 heterocycles. The molecule has 0 unspecified atom stereocenters. The molecule has 12 heteroatoms. The maximum absolute atomic E-state index is 14.7. The first-order valence-corrected chi connectivity index (χ1v) is 19.2. The van der Waals surface area contributed by atoms with Gasteiger partial charge in [0.25, 0.3) is 0 Å². The second-order valence-corrected chi connectivity index (χ2v) is 16.6. The number of carboxylic acid groups (broad SMARTS) is 2. The molecule has 3 amide bonds. The standard InChI is InChI=1S/C43H45N3O9/c1-55-42(54)30-9-5-8-29-31-17-32(34(29)30)36(38(48)44-21-43-18-23-10-24(19-43)12-25(11-23)20-43)35(31)39(49)46-33(13-22-6-3-2-4-7-22)37(47)45-28-15-26(40(50)51)14-27(16-28)41(52)53/h2-9,14-16,23-25,31-33,35-36H,10-13,17-21H2,1H3,(H,44,48)(H,45,47)(H,46,49)(H,50,51)(H,52,53)/t23?,24?,25?,31-,32+,33+,35-,36+,43?/m1/s1. The number of aromatic carboxylic acids is 2. The summed E-state index contributed by atoms with van der Waals surface area (Å²) in [5.41, 5.74) is 2.03. The van der Waals surface area contributed by atoms with E-state index >= 15 is 0 Å². The van der Waals surface area contributed by atoms with Gasteiger partial charge in [0, 0.05) is 18.7 Å². The molecule has 0 aromatic heterocycles. The molecule has 6 aliphatic carbocycles. The number of anilines is 1. The van der Waals surface area contributed by atoms with Crippen molar-refractivity contribution >= 4 is 41.3 Å². The zero-order valence-electron chi connectivity index (χ0n) is 30.6. The van der Waals surface area contributed by atoms with Gasteiger partial charge in [0.05, 0.1) is 35.6 Å². The van der Waals surface area contributed by atoms with Crippen molar-refractivity contribution in [2.45, 2.75) is 69.2 Å². The van der Waals surface area contributed by atoms with Crippen LogP contribution in [-0.4, -0.2) is 65.5 Å². The fraction of sp³-hybridized carbons (Fsp3) is 0.442. The second-order valence-electron chi connectivity index (χ2n) is 16.6. The molecular weight excluding hydrogens is 702 g/mol. The number of fused-ring (bicyclic) bond motifs is 5. The Morgan fingerprint density at radius 1 is 0.764 bits per heavy atom. The summed E-state index contributed by atoms with van der Waals surface area (Å²) in [6.07, 6.45) is 7.69. The number of carbonyl (C=O) groups is 6. The van der Waals surface area contributed by atoms with Gasteiger partial charge in [-0.3, -0.25) is 14.4 Å². The lowest BCUT2D eigenvalue weighted by atomic mass is 9.49. The topological polar surface area (TPSA) is 188 Å². The first kappa shape index (κ1) is 36.5. The zero-order valence-corrected chi connectivity index (χ0v) is 30.6. The van der Waals surface area contributed by atoms with Crippen LogP contribution < -0.4 is 16.0 Å². The van der Waals surface area contributed by atoms with Crippen LogP contribution in [0.3, 0.4) is 0 Å². The minimum absolute atomic E-state index is 0.0549. The Bertz CT molecular complexity index is 2010. The second kappa shape index (κ2) is 14.3. The van der Waals surface area contributed by atoms with Gasteiger partial charge in [0.1, 0.15) is 6.04 Å². The lowest BCUT2D eigenvalue weighted by Gasteiger charge is -2.57. The highest BCUT2D eigenvalue weighted by Crippen LogP contribution is 2.62. The number of amides is 3. The SMILES string of the molecule is COC(=O)c1cccc2c1[C@@H]1C[C@H]2[C@@H](C(=O)N[C@@H](Cc2ccccc2)C(=O)Nc2cc(C(=O)O)cc(C(=O)O)c2)[C@H]1C(=O)NCC12CC3CC(CC(C3)C1)C2. The van der Waals surface area contributed by atoms with Crippen molar-refractivity contribution in [2.75, 3.05) is 19.0 Å². The van der Waals surface area contributed by atoms with E-state index in [0.29, 0.717) is 36.3 Å². The predicted octanol–water partition coefficient (Wildman–Crippen LogP) is 5.39. The lowest BCUT2D eigenvalue weighted by Crippen LogP contribution is -2.54. The summed E-state index contributed by atoms with van der Waals surface area (Å²) in [6.45, 7) is 0.551. The molecule has 12 nitrogen and oxygen atoms in total. The van der Waals surface area contributed by atoms with Gasteiger partial charge in [-0.05, 0) is 121 Å². The van der Waals surface area contributed by atoms with Crippen molar-refractivity contribution in [3.63, 3.8) is 0 Å². The number of nitrogens with one attached hydrogen (secondary N) is 3. The molecule has 9 rings (SSSR count). The van der Waals surface area contributed by atoms with Crippen molar-refractivity contribution in [1.29, 1.82) is 0 Å². The molecule has 286 valence electrons. The summed E-state index contributed by atoms with van der Waals surface area (Å²) in [5, 5.41) is 28.1. The van der Waals surface area contributed by atoms with Crippen LogP contribution in [-0.2, 0) is 25.5 Å². The van der Waals surface area contributed by atoms with Crippen molar-refractivity contribution in [3.05, 3.63) is 100 Å². The van der Waals surface area contributed by atoms with Crippen molar-refractivity contribution in [3.8, 4) is 0 Å². The fourth-order valence-electron chi connectivity index (χ4n) is 11.4. The summed E-state index contributed by atoms with van der Waals surface area (Å²) in [4.78, 5) is 79.8. The Balaban J connectivity index is 1.09. The van der Waals surface area contributed by atoms with E-state index in [4.69, 9.17) is 4.74 Å². The number of carboxylic acids is 2. The average molecular weight is 748 g/mol. The number of rotatable bonds is 12. The molecule has 0 radical (unpaired) electrons. The van der Waals surface area contributed by atoms with Gasteiger partial charge < -0.3 is 30.9 Å². The van der Waals surface area contributed by atoms with Crippen LogP contribution in [0.2, 0.25) is 0 Å². The van der Waals surface area contributed by atoms with Crippen molar-refractivity contribution in [1.82, 2.24) is 10.6 Å². The van der Waals surface area contributed by atoms with Crippen LogP contribution in [0.25, 0.3) is 0 Å². The molecule has 3 aromatic carbocycles. The van der Waals surface area contributed by atoms with Crippen molar-refractivity contribution < 1.29 is 43.7 Å². The van der Waals surface area contributed by atoms with Gasteiger partial charge in [-0.25, -0.2) is 14.4 Å². The highest BCUT2D eigenvalue weighted by molar-refractivity contribution is 6.02. The average Bonchev–Trinajstić information content (AvgIpc) is 3.74. The molecule has 5 atom stereocenters. The maximum Gasteiger partial charge on any atom is 0.338 e. The molecule has 5 saturated carbocycles. The Hall–Kier alpha value is -5.52. The number of carbonyl (C=O) groups excluding carboxylic acids is 4. The largest absolute Gasteiger partial charge is 0.478 e. The summed E-state index contributed by atoms with van der Waals surface area (Å²) in [5.74, 6) is -5.00. The minimum Gasteiger partial charge on any atom is -0.478 e. The van der Waals surface area contributed by atoms with Crippen LogP contribution in [0, 0.1) is 35.0 Å². The number of esters is 1. The fourth-order valence-corrected chi connectivity index (χ4v) is 11.4. The number of methoxy groups -OCH3 is 1. The van der Waals surface area contributed by atoms with Crippen LogP contribution in [0.5, 0.6) is 0 Å². The Kier molecular flexibility index (Phi) is 9.47. The van der Waals surface area contributed by atoms with E-state index < -0.39 is 59.4 Å². The Morgan fingerprint density at radius 2 is 1.38 bits per heavy atom. The first-order chi connectivity index (χ1) is 26.4. The Morgan fingerprint density at radius 3 is 1.98 bits per heavy atom. The molecule has 6 bridgehead atoms. The first-order valence-electron chi connectivity index (χ1n) is 19.2.